The predicted octanol–water partition coefficient (Wildman–Crippen LogP) is 2.05. The van der Waals surface area contributed by atoms with Crippen molar-refractivity contribution in [1.29, 1.82) is 0 Å². The molecule has 0 aliphatic carbocycles. The number of hydrogen-bond acceptors (Lipinski definition) is 2. The zero-order chi connectivity index (χ0) is 9.45. The maximum atomic E-state index is 5.48. The largest absolute Gasteiger partial charge is 0.380 e. The van der Waals surface area contributed by atoms with Crippen LogP contribution in [0.2, 0.25) is 0 Å². The van der Waals surface area contributed by atoms with Crippen molar-refractivity contribution in [3.63, 3.8) is 0 Å². The van der Waals surface area contributed by atoms with Crippen LogP contribution in [0.3, 0.4) is 0 Å². The topological polar surface area (TPSA) is 21.3 Å². The van der Waals surface area contributed by atoms with Crippen LogP contribution < -0.4 is 5.32 Å². The molecule has 0 aliphatic rings. The van der Waals surface area contributed by atoms with Crippen LogP contribution in [-0.4, -0.2) is 26.3 Å². The van der Waals surface area contributed by atoms with Crippen LogP contribution in [0.5, 0.6) is 0 Å². The highest BCUT2D eigenvalue weighted by molar-refractivity contribution is 4.58. The van der Waals surface area contributed by atoms with Gasteiger partial charge in [-0.25, -0.2) is 0 Å². The third-order valence-corrected chi connectivity index (χ3v) is 1.39. The summed E-state index contributed by atoms with van der Waals surface area (Å²) in [6.45, 7) is 12.5. The van der Waals surface area contributed by atoms with E-state index in [4.69, 9.17) is 4.74 Å². The summed E-state index contributed by atoms with van der Waals surface area (Å²) in [5, 5.41) is 3.30. The van der Waals surface area contributed by atoms with Crippen molar-refractivity contribution in [2.24, 2.45) is 5.41 Å². The van der Waals surface area contributed by atoms with Gasteiger partial charge in [-0.1, -0.05) is 27.7 Å². The average Bonchev–Trinajstić information content (AvgIpc) is 1.94. The molecule has 2 nitrogen and oxygen atoms in total. The van der Waals surface area contributed by atoms with Gasteiger partial charge in [-0.3, -0.25) is 0 Å². The molecular formula is C10H23NO. The van der Waals surface area contributed by atoms with E-state index in [1.165, 1.54) is 6.42 Å². The Morgan fingerprint density at radius 3 is 2.33 bits per heavy atom. The van der Waals surface area contributed by atoms with E-state index in [1.54, 1.807) is 0 Å². The van der Waals surface area contributed by atoms with Crippen LogP contribution in [0.1, 0.15) is 34.1 Å². The maximum absolute atomic E-state index is 5.48. The van der Waals surface area contributed by atoms with Gasteiger partial charge in [-0.15, -0.1) is 0 Å². The molecule has 0 saturated carbocycles. The number of nitrogens with one attached hydrogen (secondary N) is 1. The molecule has 1 N–H and O–H groups in total. The van der Waals surface area contributed by atoms with Gasteiger partial charge in [0.15, 0.2) is 0 Å². The molecule has 74 valence electrons. The average molecular weight is 173 g/mol. The van der Waals surface area contributed by atoms with Crippen molar-refractivity contribution < 1.29 is 4.74 Å². The smallest absolute Gasteiger partial charge is 0.0591 e. The molecule has 2 heteroatoms. The molecule has 0 fully saturated rings. The second-order valence-electron chi connectivity index (χ2n) is 4.36. The molecular weight excluding hydrogens is 150 g/mol. The number of hydrogen-bond donors (Lipinski definition) is 1. The molecule has 0 aromatic rings. The van der Waals surface area contributed by atoms with Crippen LogP contribution in [-0.2, 0) is 4.74 Å². The van der Waals surface area contributed by atoms with Crippen LogP contribution in [0.15, 0.2) is 0 Å². The van der Waals surface area contributed by atoms with E-state index in [2.05, 4.69) is 33.0 Å². The minimum absolute atomic E-state index is 0.296. The van der Waals surface area contributed by atoms with Crippen molar-refractivity contribution in [2.45, 2.75) is 34.1 Å². The lowest BCUT2D eigenvalue weighted by Gasteiger charge is -2.17. The molecule has 0 aliphatic heterocycles. The molecule has 0 bridgehead atoms. The monoisotopic (exact) mass is 173 g/mol. The van der Waals surface area contributed by atoms with Crippen molar-refractivity contribution >= 4 is 0 Å². The first-order valence-corrected chi connectivity index (χ1v) is 4.85. The molecule has 0 heterocycles. The van der Waals surface area contributed by atoms with Gasteiger partial charge in [0.2, 0.25) is 0 Å². The number of ether oxygens (including phenoxy) is 1. The molecule has 0 unspecified atom stereocenters. The molecule has 0 spiro atoms. The van der Waals surface area contributed by atoms with Gasteiger partial charge in [0.05, 0.1) is 13.2 Å². The third-order valence-electron chi connectivity index (χ3n) is 1.39. The summed E-state index contributed by atoms with van der Waals surface area (Å²) in [7, 11) is 0. The van der Waals surface area contributed by atoms with E-state index in [0.717, 1.165) is 26.3 Å². The normalized spacial score (nSPS) is 12.0. The third kappa shape index (κ3) is 9.92. The van der Waals surface area contributed by atoms with Crippen molar-refractivity contribution in [1.82, 2.24) is 5.32 Å². The van der Waals surface area contributed by atoms with Gasteiger partial charge in [0.1, 0.15) is 0 Å². The van der Waals surface area contributed by atoms with E-state index in [9.17, 15) is 0 Å². The number of rotatable bonds is 6. The van der Waals surface area contributed by atoms with Crippen LogP contribution >= 0.6 is 0 Å². The van der Waals surface area contributed by atoms with Crippen LogP contribution in [0, 0.1) is 5.41 Å². The minimum atomic E-state index is 0.296. The lowest BCUT2D eigenvalue weighted by atomic mass is 9.99. The summed E-state index contributed by atoms with van der Waals surface area (Å²) >= 11 is 0. The van der Waals surface area contributed by atoms with Gasteiger partial charge >= 0.3 is 0 Å². The van der Waals surface area contributed by atoms with Crippen molar-refractivity contribution in [2.75, 3.05) is 26.3 Å². The van der Waals surface area contributed by atoms with Crippen LogP contribution in [0.25, 0.3) is 0 Å². The highest BCUT2D eigenvalue weighted by Crippen LogP contribution is 2.12. The summed E-state index contributed by atoms with van der Waals surface area (Å²) in [6.07, 6.45) is 1.19. The molecule has 0 amide bonds. The van der Waals surface area contributed by atoms with Crippen molar-refractivity contribution in [3.05, 3.63) is 0 Å². The van der Waals surface area contributed by atoms with E-state index < -0.39 is 0 Å². The first-order chi connectivity index (χ1) is 5.56. The molecule has 0 aromatic heterocycles. The van der Waals surface area contributed by atoms with Gasteiger partial charge in [-0.05, 0) is 18.4 Å². The van der Waals surface area contributed by atoms with E-state index in [0.29, 0.717) is 5.41 Å². The first kappa shape index (κ1) is 11.9. The fourth-order valence-corrected chi connectivity index (χ4v) is 0.824. The predicted molar refractivity (Wildman–Crippen MR) is 53.4 cm³/mol. The van der Waals surface area contributed by atoms with Gasteiger partial charge in [0.25, 0.3) is 0 Å². The Morgan fingerprint density at radius 1 is 1.17 bits per heavy atom. The Kier molecular flexibility index (Phi) is 6.39. The quantitative estimate of drug-likeness (QED) is 0.621. The molecule has 0 radical (unpaired) electrons. The summed E-state index contributed by atoms with van der Waals surface area (Å²) in [5.74, 6) is 0. The molecule has 0 rings (SSSR count). The second-order valence-corrected chi connectivity index (χ2v) is 4.36. The molecule has 0 atom stereocenters. The van der Waals surface area contributed by atoms with Gasteiger partial charge in [-0.2, -0.15) is 0 Å². The molecule has 12 heavy (non-hydrogen) atoms. The van der Waals surface area contributed by atoms with E-state index in [-0.39, 0.29) is 0 Å². The molecule has 0 aromatic carbocycles. The lowest BCUT2D eigenvalue weighted by Crippen LogP contribution is -2.23. The maximum Gasteiger partial charge on any atom is 0.0591 e. The van der Waals surface area contributed by atoms with Crippen LogP contribution in [0.4, 0.5) is 0 Å². The summed E-state index contributed by atoms with van der Waals surface area (Å²) < 4.78 is 5.48. The summed E-state index contributed by atoms with van der Waals surface area (Å²) in [5.41, 5.74) is 0.296. The Morgan fingerprint density at radius 2 is 1.83 bits per heavy atom. The van der Waals surface area contributed by atoms with Crippen molar-refractivity contribution in [3.8, 4) is 0 Å². The minimum Gasteiger partial charge on any atom is -0.380 e. The lowest BCUT2D eigenvalue weighted by molar-refractivity contribution is 0.0731. The fourth-order valence-electron chi connectivity index (χ4n) is 0.824. The standard InChI is InChI=1S/C10H23NO/c1-5-6-11-7-8-12-9-10(2,3)4/h11H,5-9H2,1-4H3. The first-order valence-electron chi connectivity index (χ1n) is 4.85. The SMILES string of the molecule is CCCNCCOCC(C)(C)C. The Balaban J connectivity index is 3.01. The molecule has 0 saturated heterocycles. The Hall–Kier alpha value is -0.0800. The zero-order valence-corrected chi connectivity index (χ0v) is 8.94. The zero-order valence-electron chi connectivity index (χ0n) is 8.94. The fraction of sp³-hybridized carbons (Fsp3) is 1.00. The Labute approximate surface area is 76.7 Å². The van der Waals surface area contributed by atoms with Gasteiger partial charge in [0, 0.05) is 6.54 Å². The highest BCUT2D eigenvalue weighted by Gasteiger charge is 2.08. The van der Waals surface area contributed by atoms with E-state index >= 15 is 0 Å². The highest BCUT2D eigenvalue weighted by atomic mass is 16.5. The second kappa shape index (κ2) is 6.44. The van der Waals surface area contributed by atoms with Gasteiger partial charge < -0.3 is 10.1 Å². The summed E-state index contributed by atoms with van der Waals surface area (Å²) in [6, 6.07) is 0. The van der Waals surface area contributed by atoms with E-state index in [1.807, 2.05) is 0 Å². The summed E-state index contributed by atoms with van der Waals surface area (Å²) in [4.78, 5) is 0. The Bertz CT molecular complexity index is 96.5.